The first-order chi connectivity index (χ1) is 9.90. The summed E-state index contributed by atoms with van der Waals surface area (Å²) in [6.45, 7) is 4.63. The minimum atomic E-state index is -1.01. The van der Waals surface area contributed by atoms with Gasteiger partial charge in [0.2, 0.25) is 11.8 Å². The van der Waals surface area contributed by atoms with E-state index in [2.05, 4.69) is 0 Å². The van der Waals surface area contributed by atoms with E-state index in [1.165, 1.54) is 4.90 Å². The van der Waals surface area contributed by atoms with Gasteiger partial charge in [0.15, 0.2) is 0 Å². The molecule has 0 radical (unpaired) electrons. The smallest absolute Gasteiger partial charge is 0.323 e. The number of likely N-dealkylation sites (tertiary alicyclic amines) is 1. The van der Waals surface area contributed by atoms with Crippen molar-refractivity contribution in [1.82, 2.24) is 9.80 Å². The standard InChI is InChI=1S/C15H24N2O4/c1-10(2)8-16(9-13(18)19)15(21)12-4-3-7-17(12)14(20)11-5-6-11/h10-12H,3-9H2,1-2H3,(H,18,19). The van der Waals surface area contributed by atoms with Gasteiger partial charge in [0, 0.05) is 19.0 Å². The van der Waals surface area contributed by atoms with Gasteiger partial charge in [-0.15, -0.1) is 0 Å². The molecule has 21 heavy (non-hydrogen) atoms. The fraction of sp³-hybridized carbons (Fsp3) is 0.800. The molecular weight excluding hydrogens is 272 g/mol. The number of nitrogens with zero attached hydrogens (tertiary/aromatic N) is 2. The van der Waals surface area contributed by atoms with Gasteiger partial charge in [-0.1, -0.05) is 13.8 Å². The lowest BCUT2D eigenvalue weighted by Gasteiger charge is -2.30. The highest BCUT2D eigenvalue weighted by Crippen LogP contribution is 2.34. The molecule has 2 aliphatic rings. The summed E-state index contributed by atoms with van der Waals surface area (Å²) in [5.41, 5.74) is 0. The summed E-state index contributed by atoms with van der Waals surface area (Å²) in [7, 11) is 0. The van der Waals surface area contributed by atoms with Crippen LogP contribution < -0.4 is 0 Å². The molecule has 2 fully saturated rings. The first-order valence-electron chi connectivity index (χ1n) is 7.71. The van der Waals surface area contributed by atoms with Gasteiger partial charge in [-0.05, 0) is 31.6 Å². The van der Waals surface area contributed by atoms with E-state index < -0.39 is 12.0 Å². The van der Waals surface area contributed by atoms with Crippen molar-refractivity contribution in [3.8, 4) is 0 Å². The summed E-state index contributed by atoms with van der Waals surface area (Å²) in [4.78, 5) is 38.9. The van der Waals surface area contributed by atoms with Crippen molar-refractivity contribution in [2.45, 2.75) is 45.6 Å². The quantitative estimate of drug-likeness (QED) is 0.792. The van der Waals surface area contributed by atoms with Crippen molar-refractivity contribution in [3.05, 3.63) is 0 Å². The lowest BCUT2D eigenvalue weighted by molar-refractivity contribution is -0.149. The average Bonchev–Trinajstić information content (AvgIpc) is 3.12. The molecule has 0 aromatic carbocycles. The Hall–Kier alpha value is -1.59. The van der Waals surface area contributed by atoms with Crippen LogP contribution in [0.3, 0.4) is 0 Å². The predicted octanol–water partition coefficient (Wildman–Crippen LogP) is 0.957. The molecule has 1 aliphatic carbocycles. The van der Waals surface area contributed by atoms with Crippen LogP contribution in [0.2, 0.25) is 0 Å². The normalized spacial score (nSPS) is 21.7. The number of carboxylic acid groups (broad SMARTS) is 1. The topological polar surface area (TPSA) is 77.9 Å². The number of carbonyl (C=O) groups is 3. The van der Waals surface area contributed by atoms with Crippen LogP contribution in [-0.2, 0) is 14.4 Å². The summed E-state index contributed by atoms with van der Waals surface area (Å²) in [6, 6.07) is -0.462. The van der Waals surface area contributed by atoms with Crippen LogP contribution in [0.15, 0.2) is 0 Å². The molecular formula is C15H24N2O4. The monoisotopic (exact) mass is 296 g/mol. The molecule has 0 aromatic rings. The van der Waals surface area contributed by atoms with E-state index in [0.29, 0.717) is 19.5 Å². The lowest BCUT2D eigenvalue weighted by Crippen LogP contribution is -2.50. The predicted molar refractivity (Wildman–Crippen MR) is 76.5 cm³/mol. The molecule has 2 rings (SSSR count). The molecule has 1 heterocycles. The molecule has 1 saturated heterocycles. The molecule has 0 spiro atoms. The Bertz CT molecular complexity index is 431. The first kappa shape index (κ1) is 15.8. The van der Waals surface area contributed by atoms with Crippen molar-refractivity contribution >= 4 is 17.8 Å². The van der Waals surface area contributed by atoms with Gasteiger partial charge in [0.25, 0.3) is 0 Å². The van der Waals surface area contributed by atoms with Crippen LogP contribution in [-0.4, -0.2) is 58.4 Å². The van der Waals surface area contributed by atoms with E-state index in [0.717, 1.165) is 19.3 Å². The minimum Gasteiger partial charge on any atom is -0.480 e. The molecule has 6 nitrogen and oxygen atoms in total. The van der Waals surface area contributed by atoms with Crippen molar-refractivity contribution in [1.29, 1.82) is 0 Å². The summed E-state index contributed by atoms with van der Waals surface area (Å²) in [5, 5.41) is 8.99. The van der Waals surface area contributed by atoms with Crippen LogP contribution >= 0.6 is 0 Å². The Labute approximate surface area is 125 Å². The zero-order chi connectivity index (χ0) is 15.6. The van der Waals surface area contributed by atoms with Gasteiger partial charge in [0.05, 0.1) is 0 Å². The highest BCUT2D eigenvalue weighted by molar-refractivity contribution is 5.91. The Morgan fingerprint density at radius 2 is 1.90 bits per heavy atom. The van der Waals surface area contributed by atoms with E-state index in [1.807, 2.05) is 13.8 Å². The molecule has 0 aromatic heterocycles. The third-order valence-electron chi connectivity index (χ3n) is 3.97. The van der Waals surface area contributed by atoms with E-state index in [9.17, 15) is 14.4 Å². The Morgan fingerprint density at radius 1 is 1.24 bits per heavy atom. The number of amides is 2. The zero-order valence-corrected chi connectivity index (χ0v) is 12.7. The third kappa shape index (κ3) is 3.95. The number of carbonyl (C=O) groups excluding carboxylic acids is 2. The maximum atomic E-state index is 12.6. The molecule has 1 atom stereocenters. The SMILES string of the molecule is CC(C)CN(CC(=O)O)C(=O)C1CCCN1C(=O)C1CC1. The van der Waals surface area contributed by atoms with Crippen molar-refractivity contribution in [2.24, 2.45) is 11.8 Å². The van der Waals surface area contributed by atoms with Gasteiger partial charge in [-0.3, -0.25) is 14.4 Å². The highest BCUT2D eigenvalue weighted by Gasteiger charge is 2.42. The molecule has 1 unspecified atom stereocenters. The fourth-order valence-electron chi connectivity index (χ4n) is 2.90. The van der Waals surface area contributed by atoms with Crippen LogP contribution in [0.4, 0.5) is 0 Å². The van der Waals surface area contributed by atoms with Gasteiger partial charge < -0.3 is 14.9 Å². The van der Waals surface area contributed by atoms with E-state index in [-0.39, 0.29) is 30.2 Å². The second-order valence-electron chi connectivity index (χ2n) is 6.47. The van der Waals surface area contributed by atoms with E-state index >= 15 is 0 Å². The largest absolute Gasteiger partial charge is 0.480 e. The van der Waals surface area contributed by atoms with Crippen LogP contribution in [0.5, 0.6) is 0 Å². The molecule has 118 valence electrons. The average molecular weight is 296 g/mol. The number of hydrogen-bond acceptors (Lipinski definition) is 3. The Morgan fingerprint density at radius 3 is 2.43 bits per heavy atom. The van der Waals surface area contributed by atoms with Gasteiger partial charge in [-0.25, -0.2) is 0 Å². The molecule has 1 saturated carbocycles. The maximum absolute atomic E-state index is 12.6. The minimum absolute atomic E-state index is 0.0747. The van der Waals surface area contributed by atoms with Crippen molar-refractivity contribution in [2.75, 3.05) is 19.6 Å². The number of rotatable bonds is 6. The fourth-order valence-corrected chi connectivity index (χ4v) is 2.90. The van der Waals surface area contributed by atoms with Gasteiger partial charge >= 0.3 is 5.97 Å². The van der Waals surface area contributed by atoms with Gasteiger partial charge in [-0.2, -0.15) is 0 Å². The summed E-state index contributed by atoms with van der Waals surface area (Å²) < 4.78 is 0. The van der Waals surface area contributed by atoms with Crippen molar-refractivity contribution < 1.29 is 19.5 Å². The van der Waals surface area contributed by atoms with Crippen LogP contribution in [0.1, 0.15) is 39.5 Å². The summed E-state index contributed by atoms with van der Waals surface area (Å²) in [5.74, 6) is -0.857. The second-order valence-corrected chi connectivity index (χ2v) is 6.47. The summed E-state index contributed by atoms with van der Waals surface area (Å²) in [6.07, 6.45) is 3.30. The van der Waals surface area contributed by atoms with Crippen LogP contribution in [0.25, 0.3) is 0 Å². The number of aliphatic carboxylic acids is 1. The molecule has 1 N–H and O–H groups in total. The van der Waals surface area contributed by atoms with Gasteiger partial charge in [0.1, 0.15) is 12.6 Å². The molecule has 1 aliphatic heterocycles. The highest BCUT2D eigenvalue weighted by atomic mass is 16.4. The first-order valence-corrected chi connectivity index (χ1v) is 7.71. The molecule has 6 heteroatoms. The molecule has 2 amide bonds. The Balaban J connectivity index is 2.06. The second kappa shape index (κ2) is 6.45. The Kier molecular flexibility index (Phi) is 4.85. The maximum Gasteiger partial charge on any atom is 0.323 e. The van der Waals surface area contributed by atoms with Crippen LogP contribution in [0, 0.1) is 11.8 Å². The lowest BCUT2D eigenvalue weighted by atomic mass is 10.1. The van der Waals surface area contributed by atoms with Crippen molar-refractivity contribution in [3.63, 3.8) is 0 Å². The number of hydrogen-bond donors (Lipinski definition) is 1. The third-order valence-corrected chi connectivity index (χ3v) is 3.97. The van der Waals surface area contributed by atoms with E-state index in [1.54, 1.807) is 4.90 Å². The zero-order valence-electron chi connectivity index (χ0n) is 12.7. The number of carboxylic acids is 1. The molecule has 0 bridgehead atoms. The van der Waals surface area contributed by atoms with E-state index in [4.69, 9.17) is 5.11 Å². The summed E-state index contributed by atoms with van der Waals surface area (Å²) >= 11 is 0.